The number of nitrogens with one attached hydrogen (secondary N) is 2. The van der Waals surface area contributed by atoms with Crippen molar-refractivity contribution in [2.75, 3.05) is 6.54 Å². The number of nitrogens with zero attached hydrogens (tertiary/aromatic N) is 3. The van der Waals surface area contributed by atoms with Crippen LogP contribution < -0.4 is 0 Å². The zero-order chi connectivity index (χ0) is 17.7. The van der Waals surface area contributed by atoms with Crippen molar-refractivity contribution < 1.29 is 9.90 Å². The number of amides is 1. The second-order valence-electron chi connectivity index (χ2n) is 6.98. The summed E-state index contributed by atoms with van der Waals surface area (Å²) in [5.74, 6) is 0.0935. The molecule has 132 valence electrons. The summed E-state index contributed by atoms with van der Waals surface area (Å²) in [4.78, 5) is 22.6. The number of aryl methyl sites for hydroxylation is 1. The van der Waals surface area contributed by atoms with Crippen LogP contribution in [0.15, 0.2) is 30.6 Å². The van der Waals surface area contributed by atoms with Gasteiger partial charge in [-0.3, -0.25) is 9.89 Å². The Morgan fingerprint density at radius 1 is 1.27 bits per heavy atom. The number of aromatic hydroxyl groups is 1. The Balaban J connectivity index is 1.51. The van der Waals surface area contributed by atoms with E-state index in [0.29, 0.717) is 18.8 Å². The van der Waals surface area contributed by atoms with Crippen LogP contribution in [0.5, 0.6) is 5.75 Å². The van der Waals surface area contributed by atoms with Gasteiger partial charge in [0.05, 0.1) is 24.3 Å². The van der Waals surface area contributed by atoms with Crippen LogP contribution in [-0.2, 0) is 19.4 Å². The van der Waals surface area contributed by atoms with Crippen molar-refractivity contribution >= 4 is 5.91 Å². The van der Waals surface area contributed by atoms with Gasteiger partial charge in [-0.2, -0.15) is 5.10 Å². The highest BCUT2D eigenvalue weighted by atomic mass is 16.3. The zero-order valence-corrected chi connectivity index (χ0v) is 14.2. The first-order chi connectivity index (χ1) is 12.7. The molecule has 1 aliphatic heterocycles. The van der Waals surface area contributed by atoms with E-state index in [-0.39, 0.29) is 17.6 Å². The van der Waals surface area contributed by atoms with Gasteiger partial charge in [0, 0.05) is 23.7 Å². The third-order valence-electron chi connectivity index (χ3n) is 5.40. The molecular weight excluding hydrogens is 330 g/mol. The Morgan fingerprint density at radius 3 is 3.08 bits per heavy atom. The standard InChI is InChI=1S/C19H19N5O2/c25-12-4-1-3-11(7-12)14-8-24(9-16-17(14)21-10-20-16)19(26)18-13-5-2-6-15(13)22-23-18/h1,3-4,7,10,14,25H,2,5-6,8-9H2,(H,20,21)(H,22,23). The van der Waals surface area contributed by atoms with Gasteiger partial charge < -0.3 is 15.0 Å². The van der Waals surface area contributed by atoms with E-state index < -0.39 is 0 Å². The Hall–Kier alpha value is -3.09. The van der Waals surface area contributed by atoms with Gasteiger partial charge in [0.15, 0.2) is 5.69 Å². The van der Waals surface area contributed by atoms with Crippen LogP contribution in [0.25, 0.3) is 0 Å². The van der Waals surface area contributed by atoms with E-state index in [2.05, 4.69) is 20.2 Å². The lowest BCUT2D eigenvalue weighted by molar-refractivity contribution is 0.0714. The van der Waals surface area contributed by atoms with E-state index in [9.17, 15) is 9.90 Å². The average molecular weight is 349 g/mol. The lowest BCUT2D eigenvalue weighted by Crippen LogP contribution is -2.39. The SMILES string of the molecule is O=C(c1n[nH]c2c1CCC2)N1Cc2[nH]cnc2C(c2cccc(O)c2)C1. The molecule has 1 aliphatic carbocycles. The number of imidazole rings is 1. The fraction of sp³-hybridized carbons (Fsp3) is 0.316. The summed E-state index contributed by atoms with van der Waals surface area (Å²) in [5.41, 5.74) is 5.53. The number of aromatic amines is 2. The first-order valence-corrected chi connectivity index (χ1v) is 8.87. The molecule has 1 aromatic carbocycles. The minimum Gasteiger partial charge on any atom is -0.508 e. The highest BCUT2D eigenvalue weighted by Crippen LogP contribution is 2.34. The zero-order valence-electron chi connectivity index (χ0n) is 14.2. The van der Waals surface area contributed by atoms with Gasteiger partial charge in [0.1, 0.15) is 5.75 Å². The summed E-state index contributed by atoms with van der Waals surface area (Å²) in [6, 6.07) is 7.17. The van der Waals surface area contributed by atoms with Crippen LogP contribution in [0.3, 0.4) is 0 Å². The molecule has 0 saturated carbocycles. The topological polar surface area (TPSA) is 97.9 Å². The second-order valence-corrected chi connectivity index (χ2v) is 6.98. The summed E-state index contributed by atoms with van der Waals surface area (Å²) < 4.78 is 0. The molecule has 7 heteroatoms. The highest BCUT2D eigenvalue weighted by Gasteiger charge is 2.34. The van der Waals surface area contributed by atoms with Crippen molar-refractivity contribution in [3.8, 4) is 5.75 Å². The number of rotatable bonds is 2. The average Bonchev–Trinajstić information content (AvgIpc) is 3.36. The number of carbonyl (C=O) groups is 1. The molecule has 2 aliphatic rings. The Kier molecular flexibility index (Phi) is 3.34. The molecule has 1 unspecified atom stereocenters. The molecule has 3 aromatic rings. The van der Waals surface area contributed by atoms with Crippen molar-refractivity contribution in [1.82, 2.24) is 25.1 Å². The summed E-state index contributed by atoms with van der Waals surface area (Å²) in [6.07, 6.45) is 4.61. The van der Waals surface area contributed by atoms with Gasteiger partial charge in [-0.05, 0) is 37.0 Å². The van der Waals surface area contributed by atoms with Crippen LogP contribution in [0.4, 0.5) is 0 Å². The fourth-order valence-electron chi connectivity index (χ4n) is 4.13. The van der Waals surface area contributed by atoms with Gasteiger partial charge >= 0.3 is 0 Å². The Bertz CT molecular complexity index is 989. The first-order valence-electron chi connectivity index (χ1n) is 8.87. The Labute approximate surface area is 150 Å². The van der Waals surface area contributed by atoms with Crippen LogP contribution in [0, 0.1) is 0 Å². The molecule has 26 heavy (non-hydrogen) atoms. The van der Waals surface area contributed by atoms with Crippen molar-refractivity contribution in [2.24, 2.45) is 0 Å². The predicted molar refractivity (Wildman–Crippen MR) is 93.9 cm³/mol. The molecule has 3 N–H and O–H groups in total. The third-order valence-corrected chi connectivity index (χ3v) is 5.40. The Morgan fingerprint density at radius 2 is 2.19 bits per heavy atom. The van der Waals surface area contributed by atoms with E-state index in [1.807, 2.05) is 17.0 Å². The molecular formula is C19H19N5O2. The molecule has 1 amide bonds. The van der Waals surface area contributed by atoms with Gasteiger partial charge in [-0.15, -0.1) is 0 Å². The van der Waals surface area contributed by atoms with Gasteiger partial charge in [-0.1, -0.05) is 12.1 Å². The molecule has 0 bridgehead atoms. The van der Waals surface area contributed by atoms with E-state index in [1.54, 1.807) is 18.5 Å². The lowest BCUT2D eigenvalue weighted by atomic mass is 9.90. The molecule has 7 nitrogen and oxygen atoms in total. The highest BCUT2D eigenvalue weighted by molar-refractivity contribution is 5.94. The number of phenols is 1. The van der Waals surface area contributed by atoms with Crippen molar-refractivity contribution in [3.05, 3.63) is 64.5 Å². The maximum Gasteiger partial charge on any atom is 0.275 e. The number of benzene rings is 1. The van der Waals surface area contributed by atoms with Crippen LogP contribution in [0.2, 0.25) is 0 Å². The lowest BCUT2D eigenvalue weighted by Gasteiger charge is -2.32. The number of aromatic nitrogens is 4. The minimum absolute atomic E-state index is 0.0465. The van der Waals surface area contributed by atoms with Gasteiger partial charge in [-0.25, -0.2) is 4.98 Å². The van der Waals surface area contributed by atoms with Crippen molar-refractivity contribution in [2.45, 2.75) is 31.7 Å². The fourth-order valence-corrected chi connectivity index (χ4v) is 4.13. The molecule has 5 rings (SSSR count). The van der Waals surface area contributed by atoms with E-state index >= 15 is 0 Å². The maximum absolute atomic E-state index is 13.2. The van der Waals surface area contributed by atoms with E-state index in [4.69, 9.17) is 0 Å². The number of H-pyrrole nitrogens is 2. The summed E-state index contributed by atoms with van der Waals surface area (Å²) in [7, 11) is 0. The number of fused-ring (bicyclic) bond motifs is 2. The van der Waals surface area contributed by atoms with E-state index in [0.717, 1.165) is 47.5 Å². The predicted octanol–water partition coefficient (Wildman–Crippen LogP) is 2.12. The monoisotopic (exact) mass is 349 g/mol. The first kappa shape index (κ1) is 15.2. The largest absolute Gasteiger partial charge is 0.508 e. The number of carbonyl (C=O) groups excluding carboxylic acids is 1. The van der Waals surface area contributed by atoms with Crippen LogP contribution >= 0.6 is 0 Å². The number of hydrogen-bond donors (Lipinski definition) is 3. The molecule has 0 radical (unpaired) electrons. The number of hydrogen-bond acceptors (Lipinski definition) is 4. The van der Waals surface area contributed by atoms with E-state index in [1.165, 1.54) is 0 Å². The molecule has 0 saturated heterocycles. The number of phenolic OH excluding ortho intramolecular Hbond substituents is 1. The summed E-state index contributed by atoms with van der Waals surface area (Å²) >= 11 is 0. The smallest absolute Gasteiger partial charge is 0.275 e. The van der Waals surface area contributed by atoms with Crippen LogP contribution in [0.1, 0.15) is 51.0 Å². The molecule has 0 spiro atoms. The quantitative estimate of drug-likeness (QED) is 0.660. The molecule has 2 aromatic heterocycles. The molecule has 3 heterocycles. The molecule has 0 fully saturated rings. The molecule has 1 atom stereocenters. The minimum atomic E-state index is -0.0759. The summed E-state index contributed by atoms with van der Waals surface area (Å²) in [5, 5.41) is 17.2. The van der Waals surface area contributed by atoms with Gasteiger partial charge in [0.25, 0.3) is 5.91 Å². The van der Waals surface area contributed by atoms with Crippen molar-refractivity contribution in [1.29, 1.82) is 0 Å². The maximum atomic E-state index is 13.2. The van der Waals surface area contributed by atoms with Gasteiger partial charge in [0.2, 0.25) is 0 Å². The van der Waals surface area contributed by atoms with Crippen LogP contribution in [-0.4, -0.2) is 42.6 Å². The third kappa shape index (κ3) is 2.31. The second kappa shape index (κ2) is 5.72. The summed E-state index contributed by atoms with van der Waals surface area (Å²) in [6.45, 7) is 1.01. The normalized spacial score (nSPS) is 18.6. The van der Waals surface area contributed by atoms with Crippen molar-refractivity contribution in [3.63, 3.8) is 0 Å².